The van der Waals surface area contributed by atoms with Crippen molar-refractivity contribution >= 4 is 39.3 Å². The lowest BCUT2D eigenvalue weighted by Crippen LogP contribution is -2.58. The van der Waals surface area contributed by atoms with Crippen LogP contribution in [0.5, 0.6) is 0 Å². The van der Waals surface area contributed by atoms with E-state index < -0.39 is 35.1 Å². The molecular formula is C25H34BrN3O5. The Morgan fingerprint density at radius 3 is 2.53 bits per heavy atom. The minimum Gasteiger partial charge on any atom is -0.396 e. The Bertz CT molecular complexity index is 936. The topological polar surface area (TPSA) is 108 Å². The highest BCUT2D eigenvalue weighted by Crippen LogP contribution is 2.60. The number of nitrogens with one attached hydrogen (secondary N) is 2. The first-order valence-corrected chi connectivity index (χ1v) is 12.9. The SMILES string of the molecule is CC(C)(C)NC(=O)C1N(CCCCCO)C(=O)[C@@H]2[C@@H](C(=O)Nc3ccccc3)[C@@H]3OC12CC3Br. The number of aliphatic hydroxyl groups excluding tert-OH is 1. The van der Waals surface area contributed by atoms with E-state index in [1.54, 1.807) is 17.0 Å². The summed E-state index contributed by atoms with van der Waals surface area (Å²) in [5.74, 6) is -2.14. The van der Waals surface area contributed by atoms with E-state index in [2.05, 4.69) is 26.6 Å². The van der Waals surface area contributed by atoms with Crippen LogP contribution in [0.15, 0.2) is 30.3 Å². The molecule has 186 valence electrons. The van der Waals surface area contributed by atoms with Crippen molar-refractivity contribution in [1.82, 2.24) is 10.2 Å². The molecule has 4 rings (SSSR count). The normalized spacial score (nSPS) is 32.1. The molecule has 0 saturated carbocycles. The molecule has 3 fully saturated rings. The number of fused-ring (bicyclic) bond motifs is 1. The van der Waals surface area contributed by atoms with Crippen LogP contribution in [0, 0.1) is 11.8 Å². The van der Waals surface area contributed by atoms with E-state index in [-0.39, 0.29) is 29.2 Å². The number of carbonyl (C=O) groups excluding carboxylic acids is 3. The fourth-order valence-corrected chi connectivity index (χ4v) is 6.67. The van der Waals surface area contributed by atoms with Gasteiger partial charge in [-0.05, 0) is 58.6 Å². The number of amides is 3. The Labute approximate surface area is 208 Å². The molecule has 0 aliphatic carbocycles. The molecule has 1 aromatic carbocycles. The number of alkyl halides is 1. The fraction of sp³-hybridized carbons (Fsp3) is 0.640. The van der Waals surface area contributed by atoms with E-state index in [0.29, 0.717) is 31.5 Å². The van der Waals surface area contributed by atoms with Gasteiger partial charge in [0.05, 0.1) is 17.9 Å². The van der Waals surface area contributed by atoms with Crippen molar-refractivity contribution in [2.45, 2.75) is 74.6 Å². The van der Waals surface area contributed by atoms with Gasteiger partial charge in [-0.1, -0.05) is 34.1 Å². The van der Waals surface area contributed by atoms with Crippen LogP contribution in [0.4, 0.5) is 5.69 Å². The lowest BCUT2D eigenvalue weighted by atomic mass is 9.70. The summed E-state index contributed by atoms with van der Waals surface area (Å²) < 4.78 is 6.47. The second-order valence-electron chi connectivity index (χ2n) is 10.6. The summed E-state index contributed by atoms with van der Waals surface area (Å²) in [6, 6.07) is 8.34. The maximum Gasteiger partial charge on any atom is 0.246 e. The largest absolute Gasteiger partial charge is 0.396 e. The van der Waals surface area contributed by atoms with Crippen LogP contribution < -0.4 is 10.6 Å². The Hall–Kier alpha value is -1.97. The zero-order chi connectivity index (χ0) is 24.7. The van der Waals surface area contributed by atoms with Gasteiger partial charge in [0, 0.05) is 29.2 Å². The zero-order valence-corrected chi connectivity index (χ0v) is 21.5. The summed E-state index contributed by atoms with van der Waals surface area (Å²) >= 11 is 3.68. The van der Waals surface area contributed by atoms with Gasteiger partial charge in [-0.3, -0.25) is 14.4 Å². The van der Waals surface area contributed by atoms with Crippen molar-refractivity contribution in [3.05, 3.63) is 30.3 Å². The predicted octanol–water partition coefficient (Wildman–Crippen LogP) is 2.45. The van der Waals surface area contributed by atoms with Crippen LogP contribution in [-0.4, -0.2) is 69.0 Å². The summed E-state index contributed by atoms with van der Waals surface area (Å²) in [4.78, 5) is 42.3. The Kier molecular flexibility index (Phi) is 7.09. The van der Waals surface area contributed by atoms with Crippen LogP contribution in [-0.2, 0) is 19.1 Å². The molecule has 3 amide bonds. The molecule has 3 saturated heterocycles. The molecule has 1 spiro atoms. The number of halogens is 1. The number of carbonyl (C=O) groups is 3. The van der Waals surface area contributed by atoms with Crippen LogP contribution in [0.2, 0.25) is 0 Å². The zero-order valence-electron chi connectivity index (χ0n) is 19.9. The second kappa shape index (κ2) is 9.59. The minimum atomic E-state index is -1.05. The smallest absolute Gasteiger partial charge is 0.246 e. The maximum atomic E-state index is 13.8. The van der Waals surface area contributed by atoms with Crippen LogP contribution in [0.25, 0.3) is 0 Å². The third-order valence-electron chi connectivity index (χ3n) is 6.94. The number of rotatable bonds is 8. The molecule has 3 unspecified atom stereocenters. The Morgan fingerprint density at radius 2 is 1.88 bits per heavy atom. The number of likely N-dealkylation sites (tertiary alicyclic amines) is 1. The Balaban J connectivity index is 1.66. The fourth-order valence-electron chi connectivity index (χ4n) is 5.73. The number of aliphatic hydroxyl groups is 1. The molecule has 6 atom stereocenters. The second-order valence-corrected chi connectivity index (χ2v) is 11.8. The van der Waals surface area contributed by atoms with E-state index in [9.17, 15) is 14.4 Å². The van der Waals surface area contributed by atoms with Crippen molar-refractivity contribution in [1.29, 1.82) is 0 Å². The number of hydrogen-bond acceptors (Lipinski definition) is 5. The predicted molar refractivity (Wildman–Crippen MR) is 131 cm³/mol. The summed E-state index contributed by atoms with van der Waals surface area (Å²) in [6.45, 7) is 6.18. The van der Waals surface area contributed by atoms with Crippen molar-refractivity contribution in [3.63, 3.8) is 0 Å². The van der Waals surface area contributed by atoms with Gasteiger partial charge in [0.2, 0.25) is 17.7 Å². The molecule has 2 bridgehead atoms. The third kappa shape index (κ3) is 4.50. The molecule has 3 aliphatic rings. The van der Waals surface area contributed by atoms with Gasteiger partial charge in [0.15, 0.2) is 0 Å². The van der Waals surface area contributed by atoms with Crippen molar-refractivity contribution < 1.29 is 24.2 Å². The van der Waals surface area contributed by atoms with Crippen molar-refractivity contribution in [2.24, 2.45) is 11.8 Å². The van der Waals surface area contributed by atoms with Crippen molar-refractivity contribution in [2.75, 3.05) is 18.5 Å². The van der Waals surface area contributed by atoms with Crippen molar-refractivity contribution in [3.8, 4) is 0 Å². The first kappa shape index (κ1) is 25.1. The molecule has 0 aromatic heterocycles. The molecule has 8 nitrogen and oxygen atoms in total. The number of benzene rings is 1. The molecule has 3 N–H and O–H groups in total. The van der Waals surface area contributed by atoms with E-state index >= 15 is 0 Å². The van der Waals surface area contributed by atoms with E-state index in [1.807, 2.05) is 39.0 Å². The molecule has 3 aliphatic heterocycles. The van der Waals surface area contributed by atoms with Gasteiger partial charge in [0.25, 0.3) is 0 Å². The van der Waals surface area contributed by atoms with Crippen LogP contribution in [0.1, 0.15) is 46.5 Å². The molecule has 0 radical (unpaired) electrons. The summed E-state index contributed by atoms with van der Waals surface area (Å²) in [6.07, 6.45) is 2.04. The highest BCUT2D eigenvalue weighted by molar-refractivity contribution is 9.09. The quantitative estimate of drug-likeness (QED) is 0.350. The molecule has 1 aromatic rings. The lowest BCUT2D eigenvalue weighted by Gasteiger charge is -2.36. The number of ether oxygens (including phenoxy) is 1. The standard InChI is InChI=1S/C25H34BrN3O5/c1-24(2,3)28-22(32)20-25-14-16(26)19(34-25)17(21(31)27-15-10-6-4-7-11-15)18(25)23(33)29(20)12-8-5-9-13-30/h4,6-7,10-11,16-20,30H,5,8-9,12-14H2,1-3H3,(H,27,31)(H,28,32)/t16?,17-,18+,19-,20?,25?/m1/s1. The van der Waals surface area contributed by atoms with Gasteiger partial charge in [0.1, 0.15) is 11.6 Å². The lowest BCUT2D eigenvalue weighted by molar-refractivity contribution is -0.142. The maximum absolute atomic E-state index is 13.8. The first-order chi connectivity index (χ1) is 16.1. The van der Waals surface area contributed by atoms with E-state index in [1.165, 1.54) is 0 Å². The van der Waals surface area contributed by atoms with Gasteiger partial charge >= 0.3 is 0 Å². The van der Waals surface area contributed by atoms with Crippen LogP contribution >= 0.6 is 15.9 Å². The number of anilines is 1. The minimum absolute atomic E-state index is 0.0895. The average molecular weight is 536 g/mol. The molecule has 9 heteroatoms. The summed E-state index contributed by atoms with van der Waals surface area (Å²) in [5.41, 5.74) is -0.879. The molecule has 3 heterocycles. The van der Waals surface area contributed by atoms with E-state index in [4.69, 9.17) is 9.84 Å². The highest BCUT2D eigenvalue weighted by Gasteiger charge is 2.76. The summed E-state index contributed by atoms with van der Waals surface area (Å²) in [5, 5.41) is 15.1. The highest BCUT2D eigenvalue weighted by atomic mass is 79.9. The molecule has 34 heavy (non-hydrogen) atoms. The number of unbranched alkanes of at least 4 members (excludes halogenated alkanes) is 2. The Morgan fingerprint density at radius 1 is 1.18 bits per heavy atom. The van der Waals surface area contributed by atoms with Gasteiger partial charge < -0.3 is 25.4 Å². The first-order valence-electron chi connectivity index (χ1n) is 12.0. The number of nitrogens with zero attached hydrogens (tertiary/aromatic N) is 1. The monoisotopic (exact) mass is 535 g/mol. The van der Waals surface area contributed by atoms with Gasteiger partial charge in [-0.25, -0.2) is 0 Å². The van der Waals surface area contributed by atoms with Crippen LogP contribution in [0.3, 0.4) is 0 Å². The molecular weight excluding hydrogens is 502 g/mol. The van der Waals surface area contributed by atoms with E-state index in [0.717, 1.165) is 6.42 Å². The van der Waals surface area contributed by atoms with Gasteiger partial charge in [-0.15, -0.1) is 0 Å². The summed E-state index contributed by atoms with van der Waals surface area (Å²) in [7, 11) is 0. The third-order valence-corrected chi connectivity index (χ3v) is 7.78. The number of hydrogen-bond donors (Lipinski definition) is 3. The number of para-hydroxylation sites is 1. The average Bonchev–Trinajstić information content (AvgIpc) is 3.34. The van der Waals surface area contributed by atoms with Gasteiger partial charge in [-0.2, -0.15) is 0 Å².